The third-order valence-corrected chi connectivity index (χ3v) is 3.32. The van der Waals surface area contributed by atoms with Crippen molar-refractivity contribution in [3.05, 3.63) is 29.3 Å². The highest BCUT2D eigenvalue weighted by molar-refractivity contribution is 5.78. The Hall–Kier alpha value is -2.44. The van der Waals surface area contributed by atoms with E-state index in [0.717, 1.165) is 22.3 Å². The molecule has 0 spiro atoms. The van der Waals surface area contributed by atoms with Gasteiger partial charge in [-0.25, -0.2) is 4.98 Å². The third kappa shape index (κ3) is 2.58. The van der Waals surface area contributed by atoms with Crippen LogP contribution in [0.5, 0.6) is 0 Å². The molecule has 3 heterocycles. The molecule has 0 fully saturated rings. The van der Waals surface area contributed by atoms with Gasteiger partial charge in [0, 0.05) is 31.1 Å². The van der Waals surface area contributed by atoms with Crippen LogP contribution in [0.15, 0.2) is 16.8 Å². The maximum absolute atomic E-state index is 5.15. The van der Waals surface area contributed by atoms with E-state index in [-0.39, 0.29) is 5.92 Å². The minimum Gasteiger partial charge on any atom is -0.334 e. The predicted octanol–water partition coefficient (Wildman–Crippen LogP) is 2.40. The average Bonchev–Trinajstić information content (AvgIpc) is 3.03. The van der Waals surface area contributed by atoms with Crippen molar-refractivity contribution in [2.75, 3.05) is 5.32 Å². The average molecular weight is 286 g/mol. The van der Waals surface area contributed by atoms with Gasteiger partial charge in [0.15, 0.2) is 11.5 Å². The summed E-state index contributed by atoms with van der Waals surface area (Å²) < 4.78 is 6.94. The Kier molecular flexibility index (Phi) is 3.32. The summed E-state index contributed by atoms with van der Waals surface area (Å²) in [5.74, 6) is 0.953. The first-order valence-electron chi connectivity index (χ1n) is 6.90. The summed E-state index contributed by atoms with van der Waals surface area (Å²) in [7, 11) is 1.89. The topological polar surface area (TPSA) is 81.7 Å². The lowest BCUT2D eigenvalue weighted by Crippen LogP contribution is -2.01. The van der Waals surface area contributed by atoms with E-state index in [2.05, 4.69) is 31.6 Å². The molecule has 0 aliphatic carbocycles. The summed E-state index contributed by atoms with van der Waals surface area (Å²) in [6.07, 6.45) is 1.83. The van der Waals surface area contributed by atoms with Gasteiger partial charge < -0.3 is 9.84 Å². The first kappa shape index (κ1) is 13.5. The number of nitrogens with zero attached hydrogens (tertiary/aromatic N) is 5. The van der Waals surface area contributed by atoms with Gasteiger partial charge in [-0.2, -0.15) is 10.1 Å². The SMILES string of the molecule is Cc1nn(C)c2ncc(CNc3nc(C(C)C)no3)cc12. The maximum Gasteiger partial charge on any atom is 0.321 e. The Labute approximate surface area is 122 Å². The van der Waals surface area contributed by atoms with Crippen molar-refractivity contribution in [1.82, 2.24) is 24.9 Å². The highest BCUT2D eigenvalue weighted by atomic mass is 16.5. The van der Waals surface area contributed by atoms with E-state index in [0.29, 0.717) is 18.4 Å². The molecule has 110 valence electrons. The molecule has 0 amide bonds. The van der Waals surface area contributed by atoms with Crippen molar-refractivity contribution in [3.8, 4) is 0 Å². The Morgan fingerprint density at radius 2 is 2.19 bits per heavy atom. The summed E-state index contributed by atoms with van der Waals surface area (Å²) in [6, 6.07) is 2.51. The fourth-order valence-corrected chi connectivity index (χ4v) is 2.17. The number of rotatable bonds is 4. The summed E-state index contributed by atoms with van der Waals surface area (Å²) in [4.78, 5) is 8.72. The lowest BCUT2D eigenvalue weighted by Gasteiger charge is -2.02. The Morgan fingerprint density at radius 3 is 2.90 bits per heavy atom. The number of nitrogens with one attached hydrogen (secondary N) is 1. The van der Waals surface area contributed by atoms with Crippen LogP contribution in [0.25, 0.3) is 11.0 Å². The molecule has 7 nitrogen and oxygen atoms in total. The fraction of sp³-hybridized carbons (Fsp3) is 0.429. The molecular weight excluding hydrogens is 268 g/mol. The second-order valence-electron chi connectivity index (χ2n) is 5.39. The van der Waals surface area contributed by atoms with Gasteiger partial charge >= 0.3 is 6.01 Å². The van der Waals surface area contributed by atoms with Crippen LogP contribution in [0.1, 0.15) is 36.8 Å². The molecule has 1 N–H and O–H groups in total. The smallest absolute Gasteiger partial charge is 0.321 e. The zero-order valence-electron chi connectivity index (χ0n) is 12.6. The Morgan fingerprint density at radius 1 is 1.38 bits per heavy atom. The van der Waals surface area contributed by atoms with Crippen molar-refractivity contribution in [2.24, 2.45) is 7.05 Å². The lowest BCUT2D eigenvalue weighted by molar-refractivity contribution is 0.419. The lowest BCUT2D eigenvalue weighted by atomic mass is 10.2. The number of pyridine rings is 1. The van der Waals surface area contributed by atoms with Gasteiger partial charge in [-0.05, 0) is 18.6 Å². The maximum atomic E-state index is 5.15. The Balaban J connectivity index is 1.77. The number of aryl methyl sites for hydroxylation is 2. The van der Waals surface area contributed by atoms with Crippen LogP contribution in [0.3, 0.4) is 0 Å². The van der Waals surface area contributed by atoms with E-state index in [1.807, 2.05) is 34.0 Å². The molecule has 0 atom stereocenters. The summed E-state index contributed by atoms with van der Waals surface area (Å²) >= 11 is 0. The number of fused-ring (bicyclic) bond motifs is 1. The van der Waals surface area contributed by atoms with Crippen LogP contribution in [0.4, 0.5) is 6.01 Å². The number of hydrogen-bond acceptors (Lipinski definition) is 6. The molecule has 0 aromatic carbocycles. The molecule has 7 heteroatoms. The third-order valence-electron chi connectivity index (χ3n) is 3.32. The highest BCUT2D eigenvalue weighted by Gasteiger charge is 2.10. The molecule has 0 radical (unpaired) electrons. The Bertz CT molecular complexity index is 773. The molecule has 3 rings (SSSR count). The van der Waals surface area contributed by atoms with Crippen LogP contribution < -0.4 is 5.32 Å². The first-order valence-corrected chi connectivity index (χ1v) is 6.90. The first-order chi connectivity index (χ1) is 10.0. The van der Waals surface area contributed by atoms with Gasteiger partial charge in [-0.1, -0.05) is 19.0 Å². The van der Waals surface area contributed by atoms with Crippen LogP contribution in [0, 0.1) is 6.92 Å². The van der Waals surface area contributed by atoms with Gasteiger partial charge in [-0.15, -0.1) is 0 Å². The highest BCUT2D eigenvalue weighted by Crippen LogP contribution is 2.18. The standard InChI is InChI=1S/C14H18N6O/c1-8(2)12-17-14(21-19-12)16-7-10-5-11-9(3)18-20(4)13(11)15-6-10/h5-6,8H,7H2,1-4H3,(H,16,17,19). The van der Waals surface area contributed by atoms with Crippen molar-refractivity contribution >= 4 is 17.0 Å². The van der Waals surface area contributed by atoms with Gasteiger partial charge in [0.25, 0.3) is 0 Å². The van der Waals surface area contributed by atoms with Crippen molar-refractivity contribution in [2.45, 2.75) is 33.2 Å². The van der Waals surface area contributed by atoms with E-state index in [1.54, 1.807) is 4.68 Å². The van der Waals surface area contributed by atoms with E-state index < -0.39 is 0 Å². The van der Waals surface area contributed by atoms with Crippen molar-refractivity contribution in [1.29, 1.82) is 0 Å². The fourth-order valence-electron chi connectivity index (χ4n) is 2.17. The molecule has 0 bridgehead atoms. The monoisotopic (exact) mass is 286 g/mol. The molecule has 0 aliphatic rings. The number of aromatic nitrogens is 5. The minimum absolute atomic E-state index is 0.250. The molecule has 0 saturated carbocycles. The van der Waals surface area contributed by atoms with Gasteiger partial charge in [0.1, 0.15) is 0 Å². The summed E-state index contributed by atoms with van der Waals surface area (Å²) in [5, 5.41) is 12.5. The zero-order valence-corrected chi connectivity index (χ0v) is 12.6. The second kappa shape index (κ2) is 5.16. The van der Waals surface area contributed by atoms with Gasteiger partial charge in [0.05, 0.1) is 5.69 Å². The van der Waals surface area contributed by atoms with Gasteiger partial charge in [-0.3, -0.25) is 4.68 Å². The quantitative estimate of drug-likeness (QED) is 0.793. The van der Waals surface area contributed by atoms with E-state index >= 15 is 0 Å². The van der Waals surface area contributed by atoms with E-state index in [1.165, 1.54) is 0 Å². The largest absolute Gasteiger partial charge is 0.334 e. The van der Waals surface area contributed by atoms with Crippen LogP contribution in [-0.4, -0.2) is 24.9 Å². The van der Waals surface area contributed by atoms with Gasteiger partial charge in [0.2, 0.25) is 0 Å². The van der Waals surface area contributed by atoms with E-state index in [4.69, 9.17) is 4.52 Å². The molecule has 21 heavy (non-hydrogen) atoms. The summed E-state index contributed by atoms with van der Waals surface area (Å²) in [6.45, 7) is 6.61. The molecule has 0 aliphatic heterocycles. The molecular formula is C14H18N6O. The normalized spacial score (nSPS) is 11.5. The molecule has 0 saturated heterocycles. The predicted molar refractivity (Wildman–Crippen MR) is 79.0 cm³/mol. The minimum atomic E-state index is 0.250. The van der Waals surface area contributed by atoms with Crippen LogP contribution in [0.2, 0.25) is 0 Å². The van der Waals surface area contributed by atoms with Crippen molar-refractivity contribution in [3.63, 3.8) is 0 Å². The number of hydrogen-bond donors (Lipinski definition) is 1. The summed E-state index contributed by atoms with van der Waals surface area (Å²) in [5.41, 5.74) is 2.90. The number of anilines is 1. The van der Waals surface area contributed by atoms with E-state index in [9.17, 15) is 0 Å². The molecule has 3 aromatic heterocycles. The molecule has 0 unspecified atom stereocenters. The van der Waals surface area contributed by atoms with Crippen molar-refractivity contribution < 1.29 is 4.52 Å². The molecule has 3 aromatic rings. The second-order valence-corrected chi connectivity index (χ2v) is 5.39. The zero-order chi connectivity index (χ0) is 15.0. The van der Waals surface area contributed by atoms with Crippen LogP contribution >= 0.6 is 0 Å². The van der Waals surface area contributed by atoms with Crippen LogP contribution in [-0.2, 0) is 13.6 Å².